The van der Waals surface area contributed by atoms with Crippen molar-refractivity contribution in [2.45, 2.75) is 32.8 Å². The summed E-state index contributed by atoms with van der Waals surface area (Å²) in [6.45, 7) is 21.2. The molecule has 3 amide bonds. The molecular formula is C108H77N30O9S+. The predicted octanol–water partition coefficient (Wildman–Crippen LogP) is 23.6. The number of azo groups is 4. The van der Waals surface area contributed by atoms with Gasteiger partial charge in [0.15, 0.2) is 45.5 Å². The molecule has 0 radical (unpaired) electrons. The zero-order chi connectivity index (χ0) is 102. The Balaban J connectivity index is 0.000000124. The second-order valence-corrected chi connectivity index (χ2v) is 34.3. The van der Waals surface area contributed by atoms with Gasteiger partial charge in [0.2, 0.25) is 0 Å². The number of aromatic nitrogens is 17. The number of phenolic OH excluding ortho intramolecular Hbond substituents is 4. The number of benzene rings is 13. The number of carbonyl (C=O) groups excluding carboxylic acids is 4. The number of aliphatic hydroxyl groups is 1. The van der Waals surface area contributed by atoms with E-state index in [0.717, 1.165) is 26.7 Å². The fraction of sp³-hybridized carbons (Fsp3) is 0.0463. The number of fused-ring (bicyclic) bond motifs is 6. The lowest BCUT2D eigenvalue weighted by molar-refractivity contribution is -0.576. The Morgan fingerprint density at radius 3 is 1.28 bits per heavy atom. The van der Waals surface area contributed by atoms with Crippen LogP contribution in [0.15, 0.2) is 394 Å². The summed E-state index contributed by atoms with van der Waals surface area (Å²) in [5.74, 6) is -1.72. The van der Waals surface area contributed by atoms with Crippen LogP contribution >= 0.6 is 11.3 Å². The summed E-state index contributed by atoms with van der Waals surface area (Å²) < 4.78 is 8.47. The molecule has 8 N–H and O–H groups in total. The molecule has 0 aliphatic heterocycles. The van der Waals surface area contributed by atoms with Crippen LogP contribution in [0.1, 0.15) is 78.9 Å². The Hall–Kier alpha value is -21.2. The molecule has 39 nitrogen and oxygen atoms in total. The molecule has 22 rings (SSSR count). The summed E-state index contributed by atoms with van der Waals surface area (Å²) in [4.78, 5) is 89.4. The van der Waals surface area contributed by atoms with E-state index in [1.54, 1.807) is 197 Å². The summed E-state index contributed by atoms with van der Waals surface area (Å²) in [5, 5.41) is 123. The van der Waals surface area contributed by atoms with Gasteiger partial charge in [-0.05, 0) is 140 Å². The Bertz CT molecular complexity index is 8990. The number of hydrogen-bond acceptors (Lipinski definition) is 30. The van der Waals surface area contributed by atoms with E-state index >= 15 is 0 Å². The largest absolute Gasteiger partial charge is 0.505 e. The van der Waals surface area contributed by atoms with Crippen LogP contribution in [-0.4, -0.2) is 128 Å². The molecule has 13 aromatic carbocycles. The minimum absolute atomic E-state index is 0.0197. The molecule has 0 spiro atoms. The quantitative estimate of drug-likeness (QED) is 0.0143. The van der Waals surface area contributed by atoms with Crippen LogP contribution in [-0.2, 0) is 12.0 Å². The molecule has 0 atom stereocenters. The van der Waals surface area contributed by atoms with E-state index in [9.17, 15) is 44.7 Å². The summed E-state index contributed by atoms with van der Waals surface area (Å²) in [7, 11) is 0. The molecule has 22 aromatic rings. The highest BCUT2D eigenvalue weighted by molar-refractivity contribution is 7.20. The van der Waals surface area contributed by atoms with Gasteiger partial charge in [-0.2, -0.15) is 29.5 Å². The first-order chi connectivity index (χ1) is 72.2. The Kier molecular flexibility index (Phi) is 27.7. The maximum atomic E-state index is 13.3. The number of aliphatic hydroxyl groups excluding tert-OH is 1. The monoisotopic (exact) mass is 1970 g/mol. The van der Waals surface area contributed by atoms with E-state index in [1.807, 2.05) is 152 Å². The van der Waals surface area contributed by atoms with Gasteiger partial charge in [-0.3, -0.25) is 19.2 Å². The standard InChI is InChI=1S/C29H24N8O2.C27H18N8O2.C27H19N7O3S.C25H15N7O2/c1-29(2,3)19-10-12-20(13-11-19)34-27(39)22-16-18-8-5-6-9-21(18)24(25(22)38)35-36-26-23(30-4)17-33-37(26)28-31-14-7-15-32-28;36-24-21(25(37)30-19-10-2-1-3-11-19)17-18-9-4-5-12-20(18)23(24)31-32-27-33-34-16-7-6-13-22(34)35(27)26-28-14-8-15-29-26;35-14-16-9-11-18(12-10-16)29-25(37)20-13-17-5-1-2-6-19(17)23(24(20)36)31-33-26-32-28-15-34(26)27-30-21-7-3-4-8-22(21)38-27;1-26-20-15-29-32(25-27-12-7-13-28-25)24(20)31-30-21-18-11-6-5-10-17(18)14-19(23(21)34)22(33)16-8-3-2-4-9-16/h5-17,38H,1-3H3,(H,34,39);1-17H,(H-,30,32,33,36,37);1-13,15,35-36H,14H2,(H,29,37);2-15,34H/p+1. The molecule has 718 valence electrons. The molecule has 0 saturated heterocycles. The number of para-hydroxylation sites is 2. The van der Waals surface area contributed by atoms with E-state index in [2.05, 4.69) is 148 Å². The number of hydrogen-bond donors (Lipinski definition) is 8. The number of amides is 3. The highest BCUT2D eigenvalue weighted by atomic mass is 32.1. The first-order valence-electron chi connectivity index (χ1n) is 45.2. The molecule has 0 fully saturated rings. The number of anilines is 3. The van der Waals surface area contributed by atoms with Crippen molar-refractivity contribution in [1.29, 1.82) is 0 Å². The summed E-state index contributed by atoms with van der Waals surface area (Å²) in [5.41, 5.74) is 6.49. The summed E-state index contributed by atoms with van der Waals surface area (Å²) in [6, 6.07) is 85.9. The van der Waals surface area contributed by atoms with Crippen molar-refractivity contribution in [3.8, 4) is 46.0 Å². The zero-order valence-electron chi connectivity index (χ0n) is 78.0. The second kappa shape index (κ2) is 42.9. The van der Waals surface area contributed by atoms with Crippen LogP contribution in [0.2, 0.25) is 0 Å². The lowest BCUT2D eigenvalue weighted by Gasteiger charge is -2.19. The average Bonchev–Trinajstić information content (AvgIpc) is 1.50. The van der Waals surface area contributed by atoms with Crippen molar-refractivity contribution in [1.82, 2.24) is 78.9 Å². The SMILES string of the molecule is O=C(Nc1ccc(CO)cc1)c1cc2ccccc2c(N=Nc2nncn2-c2nc3ccccc3s2)c1O.O=C(Nc1ccccc1)c1cc2ccccc2c(N=Nc2n[n+]3ccccc3n2-c2ncccn2)c1O.[C-]#[N+]c1cnn(-c2ncccn2)c1N=Nc1c(O)c(C(=O)Nc2ccc(C(C)(C)C)cc2)cc2ccccc12.[C-]#[N+]c1cnn(-c2ncccn2)c1N=Nc1c(O)c(C(=O)c2ccccc2)cc2ccccc12. The number of phenols is 4. The Morgan fingerprint density at radius 2 is 0.824 bits per heavy atom. The highest BCUT2D eigenvalue weighted by Crippen LogP contribution is 2.47. The van der Waals surface area contributed by atoms with Gasteiger partial charge < -0.3 is 41.5 Å². The lowest BCUT2D eigenvalue weighted by atomic mass is 9.87. The first-order valence-corrected chi connectivity index (χ1v) is 46.0. The van der Waals surface area contributed by atoms with Gasteiger partial charge in [0.1, 0.15) is 35.3 Å². The molecule has 0 aliphatic rings. The molecule has 148 heavy (non-hydrogen) atoms. The van der Waals surface area contributed by atoms with Crippen LogP contribution in [0.5, 0.6) is 23.0 Å². The highest BCUT2D eigenvalue weighted by Gasteiger charge is 2.29. The molecular weight excluding hydrogens is 1890 g/mol. The third-order valence-corrected chi connectivity index (χ3v) is 23.8. The normalized spacial score (nSPS) is 11.4. The van der Waals surface area contributed by atoms with Crippen molar-refractivity contribution in [2.75, 3.05) is 16.0 Å². The Morgan fingerprint density at radius 1 is 0.426 bits per heavy atom. The van der Waals surface area contributed by atoms with Crippen LogP contribution in [0.3, 0.4) is 0 Å². The Labute approximate surface area is 842 Å². The number of pyridine rings is 1. The fourth-order valence-corrected chi connectivity index (χ4v) is 16.4. The van der Waals surface area contributed by atoms with Gasteiger partial charge in [-0.1, -0.05) is 230 Å². The predicted molar refractivity (Wildman–Crippen MR) is 555 cm³/mol. The number of ketones is 1. The number of thiazole rings is 1. The molecule has 0 saturated carbocycles. The van der Waals surface area contributed by atoms with Crippen molar-refractivity contribution < 1.29 is 49.2 Å². The number of carbonyl (C=O) groups is 4. The van der Waals surface area contributed by atoms with Crippen LogP contribution in [0.25, 0.3) is 91.6 Å². The van der Waals surface area contributed by atoms with Gasteiger partial charge in [0.25, 0.3) is 46.9 Å². The van der Waals surface area contributed by atoms with Gasteiger partial charge in [-0.15, -0.1) is 50.6 Å². The third-order valence-electron chi connectivity index (χ3n) is 22.8. The van der Waals surface area contributed by atoms with Gasteiger partial charge >= 0.3 is 17.5 Å². The molecule has 0 unspecified atom stereocenters. The van der Waals surface area contributed by atoms with Crippen molar-refractivity contribution in [3.63, 3.8) is 0 Å². The first kappa shape index (κ1) is 95.7. The summed E-state index contributed by atoms with van der Waals surface area (Å²) >= 11 is 1.46. The van der Waals surface area contributed by atoms with Gasteiger partial charge in [0, 0.05) is 87.4 Å². The van der Waals surface area contributed by atoms with Crippen molar-refractivity contribution in [3.05, 3.63) is 415 Å². The smallest absolute Gasteiger partial charge is 0.385 e. The average molecular weight is 1970 g/mol. The van der Waals surface area contributed by atoms with Crippen LogP contribution < -0.4 is 20.5 Å². The molecule has 9 heterocycles. The van der Waals surface area contributed by atoms with E-state index in [0.29, 0.717) is 77.1 Å². The van der Waals surface area contributed by atoms with E-state index in [4.69, 9.17) is 13.1 Å². The maximum absolute atomic E-state index is 13.3. The van der Waals surface area contributed by atoms with Crippen LogP contribution in [0, 0.1) is 13.1 Å². The van der Waals surface area contributed by atoms with Crippen LogP contribution in [0.4, 0.5) is 74.7 Å². The number of aromatic hydroxyl groups is 4. The van der Waals surface area contributed by atoms with Crippen molar-refractivity contribution >= 4 is 169 Å². The number of nitrogens with zero attached hydrogens (tertiary/aromatic N) is 27. The minimum Gasteiger partial charge on any atom is -0.505 e. The van der Waals surface area contributed by atoms with E-state index in [-0.39, 0.29) is 133 Å². The summed E-state index contributed by atoms with van der Waals surface area (Å²) in [6.07, 6.45) is 15.4. The zero-order valence-corrected chi connectivity index (χ0v) is 78.9. The fourth-order valence-electron chi connectivity index (χ4n) is 15.5. The van der Waals surface area contributed by atoms with Crippen molar-refractivity contribution in [2.24, 2.45) is 40.9 Å². The third kappa shape index (κ3) is 20.6. The van der Waals surface area contributed by atoms with Gasteiger partial charge in [-0.25, -0.2) is 39.2 Å². The topological polar surface area (TPSA) is 492 Å². The second-order valence-electron chi connectivity index (χ2n) is 33.3. The van der Waals surface area contributed by atoms with E-state index in [1.165, 1.54) is 39.4 Å². The molecule has 0 aliphatic carbocycles. The van der Waals surface area contributed by atoms with E-state index < -0.39 is 17.7 Å². The van der Waals surface area contributed by atoms with Gasteiger partial charge in [0.05, 0.1) is 64.6 Å². The molecule has 40 heteroatoms. The number of rotatable bonds is 21. The molecule has 9 aromatic heterocycles. The molecule has 0 bridgehead atoms. The maximum Gasteiger partial charge on any atom is 0.385 e. The minimum atomic E-state index is -0.515. The number of nitrogens with one attached hydrogen (secondary N) is 3. The lowest BCUT2D eigenvalue weighted by Crippen LogP contribution is -2.22.